The van der Waals surface area contributed by atoms with Crippen LogP contribution in [-0.2, 0) is 10.3 Å². The van der Waals surface area contributed by atoms with Gasteiger partial charge in [-0.1, -0.05) is 23.2 Å². The first-order chi connectivity index (χ1) is 14.7. The van der Waals surface area contributed by atoms with Gasteiger partial charge in [0.25, 0.3) is 5.56 Å². The minimum absolute atomic E-state index is 0.0297. The van der Waals surface area contributed by atoms with Gasteiger partial charge < -0.3 is 15.2 Å². The number of hydrogen-bond acceptors (Lipinski definition) is 5. The van der Waals surface area contributed by atoms with E-state index < -0.39 is 22.5 Å². The fourth-order valence-corrected chi connectivity index (χ4v) is 6.90. The highest BCUT2D eigenvalue weighted by atomic mass is 35.5. The highest BCUT2D eigenvalue weighted by molar-refractivity contribution is 6.33. The number of nitrogens with zero attached hydrogens (tertiary/aromatic N) is 2. The minimum atomic E-state index is -0.756. The molecule has 2 unspecified atom stereocenters. The van der Waals surface area contributed by atoms with Gasteiger partial charge in [-0.2, -0.15) is 5.10 Å². The molecule has 4 aliphatic rings. The van der Waals surface area contributed by atoms with Gasteiger partial charge in [0.15, 0.2) is 0 Å². The van der Waals surface area contributed by atoms with Crippen molar-refractivity contribution < 1.29 is 14.6 Å². The molecule has 0 radical (unpaired) electrons. The van der Waals surface area contributed by atoms with E-state index >= 15 is 0 Å². The molecule has 4 saturated carbocycles. The van der Waals surface area contributed by atoms with Gasteiger partial charge in [0.05, 0.1) is 35.0 Å². The van der Waals surface area contributed by atoms with Crippen LogP contribution in [0.5, 0.6) is 5.75 Å². The Hall–Kier alpha value is -2.25. The molecule has 7 nitrogen and oxygen atoms in total. The number of ether oxygens (including phenoxy) is 1. The number of carboxylic acids is 1. The van der Waals surface area contributed by atoms with Gasteiger partial charge in [-0.25, -0.2) is 4.68 Å². The molecule has 9 heteroatoms. The lowest BCUT2D eigenvalue weighted by Crippen LogP contribution is -2.61. The molecule has 164 valence electrons. The lowest BCUT2D eigenvalue weighted by atomic mass is 9.47. The fraction of sp³-hybridized carbons (Fsp3) is 0.500. The van der Waals surface area contributed by atoms with Crippen LogP contribution in [0, 0.1) is 17.3 Å². The second-order valence-electron chi connectivity index (χ2n) is 9.33. The molecule has 0 spiro atoms. The van der Waals surface area contributed by atoms with Crippen molar-refractivity contribution in [3.8, 4) is 5.75 Å². The molecular weight excluding hydrogens is 441 g/mol. The van der Waals surface area contributed by atoms with Gasteiger partial charge in [0.1, 0.15) is 10.8 Å². The molecule has 1 aromatic heterocycles. The summed E-state index contributed by atoms with van der Waals surface area (Å²) in [5.41, 5.74) is -0.707. The smallest absolute Gasteiger partial charge is 0.309 e. The van der Waals surface area contributed by atoms with Crippen molar-refractivity contribution in [1.82, 2.24) is 9.78 Å². The molecule has 1 heterocycles. The maximum Gasteiger partial charge on any atom is 0.309 e. The topological polar surface area (TPSA) is 93.4 Å². The zero-order valence-electron chi connectivity index (χ0n) is 17.0. The highest BCUT2D eigenvalue weighted by Gasteiger charge is 2.62. The second-order valence-corrected chi connectivity index (χ2v) is 10.1. The normalized spacial score (nSPS) is 30.9. The molecule has 4 bridgehead atoms. The molecule has 2 atom stereocenters. The largest absolute Gasteiger partial charge is 0.495 e. The summed E-state index contributed by atoms with van der Waals surface area (Å²) in [4.78, 5) is 25.4. The first-order valence-electron chi connectivity index (χ1n) is 10.4. The number of carbonyl (C=O) groups is 1. The lowest BCUT2D eigenvalue weighted by Gasteiger charge is -2.60. The summed E-state index contributed by atoms with van der Waals surface area (Å²) in [6.45, 7) is 0. The summed E-state index contributed by atoms with van der Waals surface area (Å²) in [6.07, 6.45) is 5.96. The van der Waals surface area contributed by atoms with Crippen molar-refractivity contribution in [3.05, 3.63) is 44.8 Å². The first-order valence-corrected chi connectivity index (χ1v) is 11.1. The summed E-state index contributed by atoms with van der Waals surface area (Å²) in [7, 11) is 1.54. The van der Waals surface area contributed by atoms with E-state index in [0.29, 0.717) is 53.2 Å². The van der Waals surface area contributed by atoms with Crippen molar-refractivity contribution >= 4 is 40.5 Å². The van der Waals surface area contributed by atoms with E-state index in [4.69, 9.17) is 27.9 Å². The third-order valence-electron chi connectivity index (χ3n) is 7.28. The van der Waals surface area contributed by atoms with Crippen LogP contribution in [0.15, 0.2) is 29.2 Å². The van der Waals surface area contributed by atoms with E-state index in [-0.39, 0.29) is 5.02 Å². The summed E-state index contributed by atoms with van der Waals surface area (Å²) in [5, 5.41) is 18.0. The Morgan fingerprint density at radius 1 is 1.26 bits per heavy atom. The molecule has 4 aliphatic carbocycles. The van der Waals surface area contributed by atoms with E-state index in [1.165, 1.54) is 18.0 Å². The van der Waals surface area contributed by atoms with Crippen LogP contribution in [0.4, 0.5) is 11.4 Å². The fourth-order valence-electron chi connectivity index (χ4n) is 6.47. The van der Waals surface area contributed by atoms with E-state index in [0.717, 1.165) is 19.3 Å². The Morgan fingerprint density at radius 3 is 2.58 bits per heavy atom. The van der Waals surface area contributed by atoms with Crippen molar-refractivity contribution in [1.29, 1.82) is 0 Å². The Bertz CT molecular complexity index is 1120. The number of anilines is 2. The van der Waals surface area contributed by atoms with E-state index in [1.54, 1.807) is 18.2 Å². The Kier molecular flexibility index (Phi) is 4.75. The summed E-state index contributed by atoms with van der Waals surface area (Å²) in [6, 6.07) is 5.16. The highest BCUT2D eigenvalue weighted by Crippen LogP contribution is 2.63. The van der Waals surface area contributed by atoms with E-state index in [2.05, 4.69) is 10.4 Å². The maximum atomic E-state index is 13.3. The molecule has 2 N–H and O–H groups in total. The number of benzene rings is 1. The van der Waals surface area contributed by atoms with Crippen LogP contribution in [-0.4, -0.2) is 28.0 Å². The van der Waals surface area contributed by atoms with Crippen LogP contribution in [0.2, 0.25) is 10.0 Å². The molecule has 0 amide bonds. The van der Waals surface area contributed by atoms with Crippen LogP contribution in [0.3, 0.4) is 0 Å². The van der Waals surface area contributed by atoms with Gasteiger partial charge in [0, 0.05) is 5.69 Å². The van der Waals surface area contributed by atoms with Gasteiger partial charge in [-0.15, -0.1) is 0 Å². The monoisotopic (exact) mass is 463 g/mol. The van der Waals surface area contributed by atoms with E-state index in [9.17, 15) is 14.7 Å². The van der Waals surface area contributed by atoms with Gasteiger partial charge in [-0.3, -0.25) is 9.59 Å². The quantitative estimate of drug-likeness (QED) is 0.668. The second kappa shape index (κ2) is 7.14. The number of hydrogen-bond donors (Lipinski definition) is 2. The van der Waals surface area contributed by atoms with Crippen LogP contribution in [0.1, 0.15) is 38.5 Å². The first kappa shape index (κ1) is 20.6. The molecule has 0 aliphatic heterocycles. The number of aromatic nitrogens is 2. The Morgan fingerprint density at radius 2 is 1.97 bits per heavy atom. The third kappa shape index (κ3) is 3.21. The Labute approximate surface area is 189 Å². The number of rotatable bonds is 5. The number of carboxylic acid groups (broad SMARTS) is 1. The minimum Gasteiger partial charge on any atom is -0.495 e. The van der Waals surface area contributed by atoms with Gasteiger partial charge >= 0.3 is 5.97 Å². The average Bonchev–Trinajstić information content (AvgIpc) is 2.70. The molecule has 4 fully saturated rings. The molecule has 31 heavy (non-hydrogen) atoms. The Balaban J connectivity index is 1.49. The van der Waals surface area contributed by atoms with Crippen LogP contribution in [0.25, 0.3) is 0 Å². The number of nitrogens with one attached hydrogen (secondary N) is 1. The molecular formula is C22H23Cl2N3O4. The SMILES string of the molecule is COc1ccc(Nc2cnn(C34CC5CC(CC(C(=O)O)(C5)C3)C4)c(=O)c2Cl)cc1Cl. The summed E-state index contributed by atoms with van der Waals surface area (Å²) >= 11 is 12.7. The predicted molar refractivity (Wildman–Crippen MR) is 118 cm³/mol. The molecule has 1 aromatic carbocycles. The van der Waals surface area contributed by atoms with E-state index in [1.807, 2.05) is 0 Å². The van der Waals surface area contributed by atoms with Gasteiger partial charge in [-0.05, 0) is 68.6 Å². The summed E-state index contributed by atoms with van der Waals surface area (Å²) in [5.74, 6) is 0.411. The predicted octanol–water partition coefficient (Wildman–Crippen LogP) is 4.68. The number of halogens is 2. The molecule has 0 saturated heterocycles. The standard InChI is InChI=1S/C22H23Cl2N3O4/c1-31-17-3-2-14(5-15(17)23)26-16-10-25-27(19(28)18(16)24)22-8-12-4-13(9-22)7-21(6-12,11-22)20(29)30/h2-3,5,10,12-13,26H,4,6-9,11H2,1H3,(H,29,30). The van der Waals surface area contributed by atoms with Crippen LogP contribution >= 0.6 is 23.2 Å². The van der Waals surface area contributed by atoms with Crippen molar-refractivity contribution in [2.45, 2.75) is 44.1 Å². The number of methoxy groups -OCH3 is 1. The van der Waals surface area contributed by atoms with Crippen LogP contribution < -0.4 is 15.6 Å². The maximum absolute atomic E-state index is 13.3. The van der Waals surface area contributed by atoms with Crippen molar-refractivity contribution in [2.24, 2.45) is 17.3 Å². The zero-order chi connectivity index (χ0) is 22.0. The molecule has 6 rings (SSSR count). The third-order valence-corrected chi connectivity index (χ3v) is 7.94. The zero-order valence-corrected chi connectivity index (χ0v) is 18.5. The summed E-state index contributed by atoms with van der Waals surface area (Å²) < 4.78 is 6.63. The van der Waals surface area contributed by atoms with Gasteiger partial charge in [0.2, 0.25) is 0 Å². The number of aliphatic carboxylic acids is 1. The molecule has 2 aromatic rings. The van der Waals surface area contributed by atoms with Crippen molar-refractivity contribution in [2.75, 3.05) is 12.4 Å². The lowest BCUT2D eigenvalue weighted by molar-refractivity contribution is -0.173. The van der Waals surface area contributed by atoms with Crippen molar-refractivity contribution in [3.63, 3.8) is 0 Å². The average molecular weight is 464 g/mol.